The Kier molecular flexibility index (Phi) is 4.45. The van der Waals surface area contributed by atoms with E-state index in [1.54, 1.807) is 55.8 Å². The third kappa shape index (κ3) is 2.91. The van der Waals surface area contributed by atoms with Crippen molar-refractivity contribution in [2.45, 2.75) is 49.0 Å². The fourth-order valence-corrected chi connectivity index (χ4v) is 5.73. The predicted octanol–water partition coefficient (Wildman–Crippen LogP) is 1.19. The van der Waals surface area contributed by atoms with Gasteiger partial charge < -0.3 is 19.9 Å². The topological polar surface area (TPSA) is 109 Å². The number of carboxylic acid groups (broad SMARTS) is 1. The monoisotopic (exact) mass is 415 g/mol. The maximum atomic E-state index is 12.9. The Bertz CT molecular complexity index is 1090. The number of aromatic nitrogens is 1. The lowest BCUT2D eigenvalue weighted by atomic mass is 9.96. The maximum Gasteiger partial charge on any atom is 0.327 e. The van der Waals surface area contributed by atoms with Gasteiger partial charge in [-0.1, -0.05) is 12.1 Å². The van der Waals surface area contributed by atoms with E-state index < -0.39 is 34.2 Å². The zero-order valence-corrected chi connectivity index (χ0v) is 17.0. The molecule has 4 rings (SSSR count). The predicted molar refractivity (Wildman–Crippen MR) is 109 cm³/mol. The van der Waals surface area contributed by atoms with Crippen LogP contribution in [0.3, 0.4) is 0 Å². The molecule has 29 heavy (non-hydrogen) atoms. The molecule has 152 valence electrons. The molecule has 0 bridgehead atoms. The molecule has 0 spiro atoms. The second kappa shape index (κ2) is 6.62. The number of para-hydroxylation sites is 1. The van der Waals surface area contributed by atoms with E-state index in [1.807, 2.05) is 0 Å². The summed E-state index contributed by atoms with van der Waals surface area (Å²) in [6.07, 6.45) is 1.57. The number of aliphatic carboxylic acids is 1. The van der Waals surface area contributed by atoms with Gasteiger partial charge in [0.1, 0.15) is 23.5 Å². The van der Waals surface area contributed by atoms with Crippen molar-refractivity contribution in [2.75, 3.05) is 0 Å². The van der Waals surface area contributed by atoms with Crippen LogP contribution < -0.4 is 10.7 Å². The average molecular weight is 415 g/mol. The van der Waals surface area contributed by atoms with Crippen LogP contribution >= 0.6 is 11.8 Å². The Morgan fingerprint density at radius 2 is 1.90 bits per heavy atom. The van der Waals surface area contributed by atoms with Crippen LogP contribution in [0.25, 0.3) is 10.9 Å². The number of fused-ring (bicyclic) bond motifs is 2. The van der Waals surface area contributed by atoms with Gasteiger partial charge in [-0.15, -0.1) is 11.8 Å². The van der Waals surface area contributed by atoms with Crippen molar-refractivity contribution >= 4 is 40.4 Å². The van der Waals surface area contributed by atoms with Crippen molar-refractivity contribution in [1.29, 1.82) is 0 Å². The first-order valence-corrected chi connectivity index (χ1v) is 10.1. The number of nitrogens with zero attached hydrogens (tertiary/aromatic N) is 2. The molecular formula is C20H21N3O5S. The number of hydrogen-bond donors (Lipinski definition) is 2. The largest absolute Gasteiger partial charge is 0.480 e. The highest BCUT2D eigenvalue weighted by atomic mass is 32.2. The lowest BCUT2D eigenvalue weighted by Crippen LogP contribution is -2.71. The highest BCUT2D eigenvalue weighted by molar-refractivity contribution is 8.01. The molecular weight excluding hydrogens is 394 g/mol. The average Bonchev–Trinajstić information content (AvgIpc) is 2.94. The molecule has 2 fully saturated rings. The lowest BCUT2D eigenvalue weighted by molar-refractivity contribution is -0.161. The molecule has 4 atom stereocenters. The maximum absolute atomic E-state index is 12.9. The first kappa shape index (κ1) is 19.5. The van der Waals surface area contributed by atoms with Gasteiger partial charge >= 0.3 is 5.97 Å². The molecule has 2 saturated heterocycles. The van der Waals surface area contributed by atoms with E-state index in [0.717, 1.165) is 0 Å². The molecule has 0 aliphatic carbocycles. The normalized spacial score (nSPS) is 26.0. The smallest absolute Gasteiger partial charge is 0.327 e. The number of thioether (sulfide) groups is 1. The van der Waals surface area contributed by atoms with Gasteiger partial charge in [0.2, 0.25) is 11.8 Å². The Morgan fingerprint density at radius 1 is 1.21 bits per heavy atom. The van der Waals surface area contributed by atoms with Gasteiger partial charge in [0, 0.05) is 22.4 Å². The summed E-state index contributed by atoms with van der Waals surface area (Å²) in [5.74, 6) is -1.80. The van der Waals surface area contributed by atoms with Gasteiger partial charge in [-0.3, -0.25) is 14.4 Å². The number of benzene rings is 1. The standard InChI is InChI=1S/C20H21N3O5S/c1-10(22-9-8-13(24)11-6-4-5-7-12(11)22)16(25)21-14-17(26)23-15(19(27)28)20(2,3)29-18(14)23/h4-10,14-15,18H,1-3H3,(H,21,25)(H,27,28)/t10?,14-,15+,18-/m1/s1. The van der Waals surface area contributed by atoms with Crippen LogP contribution in [0.2, 0.25) is 0 Å². The third-order valence-electron chi connectivity index (χ3n) is 5.60. The Balaban J connectivity index is 1.56. The molecule has 3 heterocycles. The van der Waals surface area contributed by atoms with E-state index in [9.17, 15) is 24.3 Å². The first-order valence-electron chi connectivity index (χ1n) is 9.26. The van der Waals surface area contributed by atoms with Gasteiger partial charge in [-0.25, -0.2) is 4.79 Å². The van der Waals surface area contributed by atoms with E-state index in [2.05, 4.69) is 5.32 Å². The summed E-state index contributed by atoms with van der Waals surface area (Å²) < 4.78 is 1.05. The number of β-lactam (4-membered cyclic amide) rings is 1. The first-order chi connectivity index (χ1) is 13.6. The highest BCUT2D eigenvalue weighted by Crippen LogP contribution is 2.50. The third-order valence-corrected chi connectivity index (χ3v) is 7.18. The molecule has 1 aromatic heterocycles. The number of hydrogen-bond acceptors (Lipinski definition) is 5. The van der Waals surface area contributed by atoms with Crippen LogP contribution in [0.4, 0.5) is 0 Å². The minimum absolute atomic E-state index is 0.126. The zero-order chi connectivity index (χ0) is 21.1. The fraction of sp³-hybridized carbons (Fsp3) is 0.400. The summed E-state index contributed by atoms with van der Waals surface area (Å²) >= 11 is 1.38. The number of carbonyl (C=O) groups is 3. The van der Waals surface area contributed by atoms with Gasteiger partial charge in [0.05, 0.1) is 5.52 Å². The molecule has 2 aliphatic heterocycles. The lowest BCUT2D eigenvalue weighted by Gasteiger charge is -2.43. The zero-order valence-electron chi connectivity index (χ0n) is 16.2. The summed E-state index contributed by atoms with van der Waals surface area (Å²) in [6.45, 7) is 5.27. The molecule has 8 nitrogen and oxygen atoms in total. The number of pyridine rings is 1. The van der Waals surface area contributed by atoms with Crippen molar-refractivity contribution in [1.82, 2.24) is 14.8 Å². The number of nitrogens with one attached hydrogen (secondary N) is 1. The second-order valence-corrected chi connectivity index (χ2v) is 9.64. The number of amides is 2. The SMILES string of the molecule is CC(C(=O)N[C@@H]1C(=O)N2[C@@H]1SC(C)(C)[C@@H]2C(=O)O)n1ccc(=O)c2ccccc21. The quantitative estimate of drug-likeness (QED) is 0.727. The van der Waals surface area contributed by atoms with E-state index in [0.29, 0.717) is 10.9 Å². The summed E-state index contributed by atoms with van der Waals surface area (Å²) in [7, 11) is 0. The van der Waals surface area contributed by atoms with E-state index in [1.165, 1.54) is 22.7 Å². The number of rotatable bonds is 4. The minimum atomic E-state index is -1.05. The van der Waals surface area contributed by atoms with Crippen molar-refractivity contribution < 1.29 is 19.5 Å². The fourth-order valence-electron chi connectivity index (χ4n) is 4.11. The van der Waals surface area contributed by atoms with E-state index >= 15 is 0 Å². The molecule has 2 N–H and O–H groups in total. The molecule has 9 heteroatoms. The summed E-state index contributed by atoms with van der Waals surface area (Å²) in [5.41, 5.74) is 0.505. The van der Waals surface area contributed by atoms with Crippen LogP contribution in [0, 0.1) is 0 Å². The number of carbonyl (C=O) groups excluding carboxylic acids is 2. The van der Waals surface area contributed by atoms with Crippen molar-refractivity contribution in [2.24, 2.45) is 0 Å². The molecule has 1 unspecified atom stereocenters. The van der Waals surface area contributed by atoms with Crippen molar-refractivity contribution in [3.8, 4) is 0 Å². The summed E-state index contributed by atoms with van der Waals surface area (Å²) in [4.78, 5) is 50.5. The minimum Gasteiger partial charge on any atom is -0.480 e. The van der Waals surface area contributed by atoms with Crippen LogP contribution in [0.15, 0.2) is 41.3 Å². The van der Waals surface area contributed by atoms with Crippen molar-refractivity contribution in [3.05, 3.63) is 46.8 Å². The van der Waals surface area contributed by atoms with Crippen molar-refractivity contribution in [3.63, 3.8) is 0 Å². The molecule has 2 aliphatic rings. The van der Waals surface area contributed by atoms with Crippen LogP contribution in [-0.2, 0) is 14.4 Å². The van der Waals surface area contributed by atoms with Gasteiger partial charge in [0.15, 0.2) is 5.43 Å². The molecule has 1 aromatic carbocycles. The number of carboxylic acids is 1. The Hall–Kier alpha value is -2.81. The van der Waals surface area contributed by atoms with E-state index in [-0.39, 0.29) is 17.2 Å². The second-order valence-electron chi connectivity index (χ2n) is 7.86. The van der Waals surface area contributed by atoms with Gasteiger partial charge in [0.25, 0.3) is 0 Å². The summed E-state index contributed by atoms with van der Waals surface area (Å²) in [5, 5.41) is 12.4. The van der Waals surface area contributed by atoms with Crippen LogP contribution in [-0.4, -0.2) is 54.6 Å². The molecule has 2 aromatic rings. The highest BCUT2D eigenvalue weighted by Gasteiger charge is 2.64. The molecule has 0 radical (unpaired) electrons. The van der Waals surface area contributed by atoms with Gasteiger partial charge in [-0.2, -0.15) is 0 Å². The Labute approximate surface area is 170 Å². The Morgan fingerprint density at radius 3 is 2.59 bits per heavy atom. The van der Waals surface area contributed by atoms with Crippen LogP contribution in [0.5, 0.6) is 0 Å². The van der Waals surface area contributed by atoms with Gasteiger partial charge in [-0.05, 0) is 32.9 Å². The van der Waals surface area contributed by atoms with E-state index in [4.69, 9.17) is 0 Å². The van der Waals surface area contributed by atoms with Crippen LogP contribution in [0.1, 0.15) is 26.8 Å². The molecule has 2 amide bonds. The summed E-state index contributed by atoms with van der Waals surface area (Å²) in [6, 6.07) is 6.10. The molecule has 0 saturated carbocycles.